The highest BCUT2D eigenvalue weighted by Gasteiger charge is 2.10. The minimum Gasteiger partial charge on any atom is -0.436 e. The molecule has 1 aliphatic rings. The van der Waals surface area contributed by atoms with E-state index in [1.807, 2.05) is 0 Å². The number of hydrogen-bond acceptors (Lipinski definition) is 5. The molecule has 0 bridgehead atoms. The maximum atomic E-state index is 5.24. The predicted octanol–water partition coefficient (Wildman–Crippen LogP) is 0.751. The SMILES string of the molecule is [CH]1CC(Oc2cncnc2)=NO1. The van der Waals surface area contributed by atoms with E-state index >= 15 is 0 Å². The first-order chi connectivity index (χ1) is 5.95. The lowest BCUT2D eigenvalue weighted by atomic mass is 10.5. The van der Waals surface area contributed by atoms with Crippen molar-refractivity contribution in [3.05, 3.63) is 25.3 Å². The molecule has 2 heterocycles. The van der Waals surface area contributed by atoms with Gasteiger partial charge in [0.2, 0.25) is 5.90 Å². The molecule has 1 aromatic heterocycles. The number of hydrogen-bond donors (Lipinski definition) is 0. The first-order valence-corrected chi connectivity index (χ1v) is 3.42. The van der Waals surface area contributed by atoms with Crippen molar-refractivity contribution in [3.8, 4) is 5.75 Å². The van der Waals surface area contributed by atoms with Gasteiger partial charge in [0.1, 0.15) is 6.33 Å². The topological polar surface area (TPSA) is 56.6 Å². The van der Waals surface area contributed by atoms with Crippen LogP contribution in [-0.2, 0) is 4.84 Å². The molecule has 0 saturated heterocycles. The zero-order valence-corrected chi connectivity index (χ0v) is 6.17. The number of nitrogens with zero attached hydrogens (tertiary/aromatic N) is 3. The second-order valence-electron chi connectivity index (χ2n) is 2.14. The normalized spacial score (nSPS) is 15.2. The molecule has 0 N–H and O–H groups in total. The Labute approximate surface area is 69.0 Å². The van der Waals surface area contributed by atoms with Crippen LogP contribution in [0.4, 0.5) is 0 Å². The monoisotopic (exact) mass is 164 g/mol. The Morgan fingerprint density at radius 1 is 1.33 bits per heavy atom. The fraction of sp³-hybridized carbons (Fsp3) is 0.143. The molecule has 2 rings (SSSR count). The van der Waals surface area contributed by atoms with Crippen molar-refractivity contribution in [1.29, 1.82) is 0 Å². The molecule has 0 saturated carbocycles. The third kappa shape index (κ3) is 1.50. The van der Waals surface area contributed by atoms with Crippen LogP contribution in [0.25, 0.3) is 0 Å². The Morgan fingerprint density at radius 3 is 2.83 bits per heavy atom. The number of aromatic nitrogens is 2. The van der Waals surface area contributed by atoms with E-state index in [0.717, 1.165) is 0 Å². The number of ether oxygens (including phenoxy) is 1. The molecular formula is C7H6N3O2. The van der Waals surface area contributed by atoms with Gasteiger partial charge in [-0.15, -0.1) is 0 Å². The summed E-state index contributed by atoms with van der Waals surface area (Å²) in [5.74, 6) is 1.08. The lowest BCUT2D eigenvalue weighted by Crippen LogP contribution is -2.04. The molecule has 0 aromatic carbocycles. The molecule has 0 atom stereocenters. The smallest absolute Gasteiger partial charge is 0.235 e. The quantitative estimate of drug-likeness (QED) is 0.614. The average Bonchev–Trinajstić information content (AvgIpc) is 2.59. The molecule has 5 nitrogen and oxygen atoms in total. The summed E-state index contributed by atoms with van der Waals surface area (Å²) in [4.78, 5) is 12.2. The van der Waals surface area contributed by atoms with Crippen LogP contribution in [0.1, 0.15) is 6.42 Å². The number of oxime groups is 1. The largest absolute Gasteiger partial charge is 0.436 e. The fourth-order valence-corrected chi connectivity index (χ4v) is 0.776. The summed E-state index contributed by atoms with van der Waals surface area (Å²) in [5.41, 5.74) is 0. The molecule has 61 valence electrons. The zero-order valence-electron chi connectivity index (χ0n) is 6.17. The van der Waals surface area contributed by atoms with Crippen LogP contribution in [0.3, 0.4) is 0 Å². The van der Waals surface area contributed by atoms with Gasteiger partial charge in [0, 0.05) is 0 Å². The summed E-state index contributed by atoms with van der Waals surface area (Å²) in [6.07, 6.45) is 5.14. The summed E-state index contributed by atoms with van der Waals surface area (Å²) in [6, 6.07) is 0. The third-order valence-electron chi connectivity index (χ3n) is 1.26. The van der Waals surface area contributed by atoms with E-state index in [-0.39, 0.29) is 0 Å². The molecule has 0 aliphatic carbocycles. The van der Waals surface area contributed by atoms with Gasteiger partial charge < -0.3 is 9.57 Å². The van der Waals surface area contributed by atoms with E-state index in [4.69, 9.17) is 4.74 Å². The maximum Gasteiger partial charge on any atom is 0.235 e. The van der Waals surface area contributed by atoms with Gasteiger partial charge in [-0.2, -0.15) is 0 Å². The van der Waals surface area contributed by atoms with Gasteiger partial charge in [-0.05, 0) is 0 Å². The molecule has 0 spiro atoms. The van der Waals surface area contributed by atoms with Crippen molar-refractivity contribution in [2.45, 2.75) is 6.42 Å². The molecular weight excluding hydrogens is 158 g/mol. The van der Waals surface area contributed by atoms with Crippen LogP contribution in [0, 0.1) is 6.61 Å². The van der Waals surface area contributed by atoms with Crippen LogP contribution in [-0.4, -0.2) is 15.9 Å². The summed E-state index contributed by atoms with van der Waals surface area (Å²) >= 11 is 0. The van der Waals surface area contributed by atoms with E-state index in [0.29, 0.717) is 18.1 Å². The second-order valence-corrected chi connectivity index (χ2v) is 2.14. The summed E-state index contributed by atoms with van der Waals surface area (Å²) in [5, 5.41) is 3.61. The molecule has 0 amide bonds. The van der Waals surface area contributed by atoms with Crippen molar-refractivity contribution in [2.24, 2.45) is 5.16 Å². The standard InChI is InChI=1S/C7H6N3O2/c1-2-11-10-7(1)12-6-3-8-5-9-4-6/h2-5H,1H2. The van der Waals surface area contributed by atoms with Gasteiger partial charge in [0.15, 0.2) is 12.4 Å². The minimum absolute atomic E-state index is 0.518. The van der Waals surface area contributed by atoms with E-state index in [2.05, 4.69) is 20.0 Å². The Bertz CT molecular complexity index is 286. The van der Waals surface area contributed by atoms with E-state index in [9.17, 15) is 0 Å². The average molecular weight is 164 g/mol. The van der Waals surface area contributed by atoms with Crippen molar-refractivity contribution in [3.63, 3.8) is 0 Å². The van der Waals surface area contributed by atoms with Gasteiger partial charge in [-0.3, -0.25) is 0 Å². The van der Waals surface area contributed by atoms with E-state index in [1.54, 1.807) is 19.0 Å². The fourth-order valence-electron chi connectivity index (χ4n) is 0.776. The Kier molecular flexibility index (Phi) is 1.85. The van der Waals surface area contributed by atoms with Crippen molar-refractivity contribution >= 4 is 5.90 Å². The lowest BCUT2D eigenvalue weighted by molar-refractivity contribution is 0.232. The maximum absolute atomic E-state index is 5.24. The molecule has 0 fully saturated rings. The highest BCUT2D eigenvalue weighted by molar-refractivity contribution is 5.79. The lowest BCUT2D eigenvalue weighted by Gasteiger charge is -1.99. The first-order valence-electron chi connectivity index (χ1n) is 3.42. The first kappa shape index (κ1) is 7.02. The van der Waals surface area contributed by atoms with Crippen molar-refractivity contribution < 1.29 is 9.57 Å². The van der Waals surface area contributed by atoms with Crippen LogP contribution < -0.4 is 4.74 Å². The highest BCUT2D eigenvalue weighted by Crippen LogP contribution is 2.11. The van der Waals surface area contributed by atoms with Gasteiger partial charge in [-0.1, -0.05) is 5.16 Å². The van der Waals surface area contributed by atoms with Crippen LogP contribution in [0.2, 0.25) is 0 Å². The summed E-state index contributed by atoms with van der Waals surface area (Å²) in [7, 11) is 0. The van der Waals surface area contributed by atoms with Gasteiger partial charge in [-0.25, -0.2) is 9.97 Å². The Hall–Kier alpha value is -1.65. The van der Waals surface area contributed by atoms with Crippen LogP contribution in [0.15, 0.2) is 23.9 Å². The Morgan fingerprint density at radius 2 is 2.17 bits per heavy atom. The second kappa shape index (κ2) is 3.17. The van der Waals surface area contributed by atoms with Crippen molar-refractivity contribution in [2.75, 3.05) is 0 Å². The highest BCUT2D eigenvalue weighted by atomic mass is 16.7. The van der Waals surface area contributed by atoms with Gasteiger partial charge in [0.25, 0.3) is 0 Å². The summed E-state index contributed by atoms with van der Waals surface area (Å²) in [6.45, 7) is 1.55. The molecule has 5 heteroatoms. The minimum atomic E-state index is 0.518. The Balaban J connectivity index is 2.04. The molecule has 0 unspecified atom stereocenters. The van der Waals surface area contributed by atoms with Crippen molar-refractivity contribution in [1.82, 2.24) is 9.97 Å². The van der Waals surface area contributed by atoms with Crippen LogP contribution in [0.5, 0.6) is 5.75 Å². The third-order valence-corrected chi connectivity index (χ3v) is 1.26. The number of rotatable bonds is 1. The molecule has 1 radical (unpaired) electrons. The predicted molar refractivity (Wildman–Crippen MR) is 40.1 cm³/mol. The molecule has 1 aromatic rings. The van der Waals surface area contributed by atoms with Gasteiger partial charge in [0.05, 0.1) is 18.8 Å². The molecule has 12 heavy (non-hydrogen) atoms. The molecule has 1 aliphatic heterocycles. The van der Waals surface area contributed by atoms with E-state index < -0.39 is 0 Å². The zero-order chi connectivity index (χ0) is 8.23. The summed E-state index contributed by atoms with van der Waals surface area (Å²) < 4.78 is 5.24. The van der Waals surface area contributed by atoms with E-state index in [1.165, 1.54) is 6.33 Å². The van der Waals surface area contributed by atoms with Gasteiger partial charge >= 0.3 is 0 Å². The van der Waals surface area contributed by atoms with Crippen LogP contribution >= 0.6 is 0 Å².